The van der Waals surface area contributed by atoms with Crippen LogP contribution >= 0.6 is 12.6 Å². The van der Waals surface area contributed by atoms with Crippen molar-refractivity contribution < 1.29 is 0 Å². The quantitative estimate of drug-likeness (QED) is 0.459. The van der Waals surface area contributed by atoms with Crippen molar-refractivity contribution in [3.05, 3.63) is 18.0 Å². The summed E-state index contributed by atoms with van der Waals surface area (Å²) in [6.45, 7) is 0. The Labute approximate surface area is 82.9 Å². The molecule has 0 amide bonds. The number of hydrogen-bond acceptors (Lipinski definition) is 4. The van der Waals surface area contributed by atoms with E-state index in [1.807, 2.05) is 0 Å². The van der Waals surface area contributed by atoms with Crippen LogP contribution in [0.25, 0.3) is 0 Å². The van der Waals surface area contributed by atoms with Crippen molar-refractivity contribution in [1.29, 1.82) is 0 Å². The summed E-state index contributed by atoms with van der Waals surface area (Å²) < 4.78 is 0. The van der Waals surface area contributed by atoms with E-state index < -0.39 is 0 Å². The highest BCUT2D eigenvalue weighted by atomic mass is 32.1. The lowest BCUT2D eigenvalue weighted by atomic mass is 10.2. The Hall–Kier alpha value is -1.34. The van der Waals surface area contributed by atoms with Crippen molar-refractivity contribution in [1.82, 2.24) is 4.98 Å². The molecule has 0 unspecified atom stereocenters. The molecule has 0 saturated heterocycles. The number of anilines is 2. The fraction of sp³-hybridized carbons (Fsp3) is 0.222. The van der Waals surface area contributed by atoms with Gasteiger partial charge < -0.3 is 11.5 Å². The SMILES string of the molecule is Nc1cncc(C#CCCS)c1N. The Morgan fingerprint density at radius 3 is 2.85 bits per heavy atom. The fourth-order valence-corrected chi connectivity index (χ4v) is 0.912. The Morgan fingerprint density at radius 1 is 1.38 bits per heavy atom. The average Bonchev–Trinajstić information content (AvgIpc) is 2.13. The largest absolute Gasteiger partial charge is 0.396 e. The summed E-state index contributed by atoms with van der Waals surface area (Å²) in [4.78, 5) is 3.90. The number of rotatable bonds is 1. The molecule has 0 aliphatic heterocycles. The third-order valence-electron chi connectivity index (χ3n) is 1.48. The number of aromatic nitrogens is 1. The lowest BCUT2D eigenvalue weighted by Gasteiger charge is -1.99. The van der Waals surface area contributed by atoms with Gasteiger partial charge in [-0.2, -0.15) is 12.6 Å². The van der Waals surface area contributed by atoms with Gasteiger partial charge in [0.25, 0.3) is 0 Å². The minimum atomic E-state index is 0.470. The highest BCUT2D eigenvalue weighted by Gasteiger charge is 1.98. The summed E-state index contributed by atoms with van der Waals surface area (Å²) in [6, 6.07) is 0. The molecule has 1 aromatic rings. The minimum Gasteiger partial charge on any atom is -0.396 e. The first kappa shape index (κ1) is 9.75. The smallest absolute Gasteiger partial charge is 0.0747 e. The molecule has 4 N–H and O–H groups in total. The van der Waals surface area contributed by atoms with Gasteiger partial charge in [0.1, 0.15) is 0 Å². The van der Waals surface area contributed by atoms with Crippen molar-refractivity contribution in [2.24, 2.45) is 0 Å². The fourth-order valence-electron chi connectivity index (χ4n) is 0.800. The van der Waals surface area contributed by atoms with E-state index in [0.29, 0.717) is 16.9 Å². The van der Waals surface area contributed by atoms with Crippen molar-refractivity contribution in [2.45, 2.75) is 6.42 Å². The zero-order chi connectivity index (χ0) is 9.68. The molecular formula is C9H11N3S. The van der Waals surface area contributed by atoms with E-state index in [2.05, 4.69) is 29.5 Å². The lowest BCUT2D eigenvalue weighted by molar-refractivity contribution is 1.30. The number of nitrogens with two attached hydrogens (primary N) is 2. The van der Waals surface area contributed by atoms with Crippen LogP contribution in [0, 0.1) is 11.8 Å². The van der Waals surface area contributed by atoms with Gasteiger partial charge in [-0.15, -0.1) is 0 Å². The van der Waals surface area contributed by atoms with Crippen molar-refractivity contribution in [3.63, 3.8) is 0 Å². The number of pyridine rings is 1. The van der Waals surface area contributed by atoms with Crippen molar-refractivity contribution >= 4 is 24.0 Å². The van der Waals surface area contributed by atoms with Gasteiger partial charge in [0, 0.05) is 18.4 Å². The first-order valence-corrected chi connectivity index (χ1v) is 4.47. The number of thiol groups is 1. The molecule has 1 aromatic heterocycles. The Bertz CT molecular complexity index is 352. The maximum Gasteiger partial charge on any atom is 0.0747 e. The van der Waals surface area contributed by atoms with Gasteiger partial charge >= 0.3 is 0 Å². The summed E-state index contributed by atoms with van der Waals surface area (Å²) >= 11 is 4.04. The van der Waals surface area contributed by atoms with Crippen molar-refractivity contribution in [2.75, 3.05) is 17.2 Å². The van der Waals surface area contributed by atoms with Crippen LogP contribution in [0.15, 0.2) is 12.4 Å². The minimum absolute atomic E-state index is 0.470. The monoisotopic (exact) mass is 193 g/mol. The van der Waals surface area contributed by atoms with E-state index in [-0.39, 0.29) is 0 Å². The summed E-state index contributed by atoms with van der Waals surface area (Å²) in [5, 5.41) is 0. The molecule has 68 valence electrons. The molecule has 0 saturated carbocycles. The third kappa shape index (κ3) is 2.56. The second kappa shape index (κ2) is 4.63. The molecule has 3 nitrogen and oxygen atoms in total. The first-order chi connectivity index (χ1) is 6.25. The number of hydrogen-bond donors (Lipinski definition) is 3. The molecule has 0 fully saturated rings. The molecule has 0 radical (unpaired) electrons. The zero-order valence-corrected chi connectivity index (χ0v) is 8.01. The van der Waals surface area contributed by atoms with Crippen LogP contribution in [0.2, 0.25) is 0 Å². The van der Waals surface area contributed by atoms with E-state index >= 15 is 0 Å². The second-order valence-corrected chi connectivity index (χ2v) is 2.91. The normalized spacial score (nSPS) is 9.00. The van der Waals surface area contributed by atoms with Gasteiger partial charge in [0.05, 0.1) is 23.1 Å². The van der Waals surface area contributed by atoms with Crippen LogP contribution < -0.4 is 11.5 Å². The number of nitrogen functional groups attached to an aromatic ring is 2. The van der Waals surface area contributed by atoms with Gasteiger partial charge in [0.15, 0.2) is 0 Å². The predicted octanol–water partition coefficient (Wildman–Crippen LogP) is 0.917. The van der Waals surface area contributed by atoms with Gasteiger partial charge in [-0.25, -0.2) is 0 Å². The van der Waals surface area contributed by atoms with Gasteiger partial charge in [-0.1, -0.05) is 11.8 Å². The Kier molecular flexibility index (Phi) is 3.47. The van der Waals surface area contributed by atoms with Crippen LogP contribution in [-0.2, 0) is 0 Å². The molecule has 13 heavy (non-hydrogen) atoms. The Balaban J connectivity index is 2.91. The molecule has 1 heterocycles. The van der Waals surface area contributed by atoms with Crippen LogP contribution in [0.1, 0.15) is 12.0 Å². The van der Waals surface area contributed by atoms with E-state index in [1.54, 1.807) is 6.20 Å². The summed E-state index contributed by atoms with van der Waals surface area (Å²) in [7, 11) is 0. The predicted molar refractivity (Wildman–Crippen MR) is 58.4 cm³/mol. The standard InChI is InChI=1S/C9H11N3S/c10-8-6-12-5-7(9(8)11)3-1-2-4-13/h5-6,13H,2,4,10H2,(H2,11,12). The molecule has 0 bridgehead atoms. The molecule has 0 spiro atoms. The van der Waals surface area contributed by atoms with Gasteiger partial charge in [-0.3, -0.25) is 4.98 Å². The second-order valence-electron chi connectivity index (χ2n) is 2.47. The maximum atomic E-state index is 5.68. The summed E-state index contributed by atoms with van der Waals surface area (Å²) in [5.41, 5.74) is 12.9. The molecule has 0 aliphatic carbocycles. The molecule has 4 heteroatoms. The molecule has 0 aromatic carbocycles. The number of nitrogens with zero attached hydrogens (tertiary/aromatic N) is 1. The lowest BCUT2D eigenvalue weighted by Crippen LogP contribution is -1.98. The maximum absolute atomic E-state index is 5.68. The van der Waals surface area contributed by atoms with Crippen molar-refractivity contribution in [3.8, 4) is 11.8 Å². The summed E-state index contributed by atoms with van der Waals surface area (Å²) in [6.07, 6.45) is 3.85. The van der Waals surface area contributed by atoms with E-state index in [9.17, 15) is 0 Å². The summed E-state index contributed by atoms with van der Waals surface area (Å²) in [5.74, 6) is 6.54. The van der Waals surface area contributed by atoms with E-state index in [4.69, 9.17) is 11.5 Å². The van der Waals surface area contributed by atoms with Crippen LogP contribution in [0.3, 0.4) is 0 Å². The van der Waals surface area contributed by atoms with Gasteiger partial charge in [-0.05, 0) is 0 Å². The van der Waals surface area contributed by atoms with Crippen LogP contribution in [0.4, 0.5) is 11.4 Å². The first-order valence-electron chi connectivity index (χ1n) is 3.84. The van der Waals surface area contributed by atoms with E-state index in [0.717, 1.165) is 12.2 Å². The highest BCUT2D eigenvalue weighted by Crippen LogP contribution is 2.16. The van der Waals surface area contributed by atoms with Crippen LogP contribution in [-0.4, -0.2) is 10.7 Å². The topological polar surface area (TPSA) is 64.9 Å². The highest BCUT2D eigenvalue weighted by molar-refractivity contribution is 7.80. The Morgan fingerprint density at radius 2 is 2.15 bits per heavy atom. The van der Waals surface area contributed by atoms with Crippen LogP contribution in [0.5, 0.6) is 0 Å². The molecular weight excluding hydrogens is 182 g/mol. The van der Waals surface area contributed by atoms with Gasteiger partial charge in [0.2, 0.25) is 0 Å². The molecule has 1 rings (SSSR count). The van der Waals surface area contributed by atoms with E-state index in [1.165, 1.54) is 6.20 Å². The average molecular weight is 193 g/mol. The molecule has 0 atom stereocenters. The third-order valence-corrected chi connectivity index (χ3v) is 1.70. The zero-order valence-electron chi connectivity index (χ0n) is 7.12. The molecule has 0 aliphatic rings.